The van der Waals surface area contributed by atoms with Gasteiger partial charge in [0.1, 0.15) is 5.75 Å². The fourth-order valence-corrected chi connectivity index (χ4v) is 4.88. The molecule has 0 amide bonds. The molecule has 0 saturated carbocycles. The first-order valence-corrected chi connectivity index (χ1v) is 14.2. The predicted molar refractivity (Wildman–Crippen MR) is 160 cm³/mol. The molecule has 5 heteroatoms. The fourth-order valence-electron chi connectivity index (χ4n) is 4.88. The molecular formula is C35H40O5. The molecule has 1 atom stereocenters. The predicted octanol–water partition coefficient (Wildman–Crippen LogP) is 8.48. The summed E-state index contributed by atoms with van der Waals surface area (Å²) in [6.45, 7) is 6.82. The van der Waals surface area contributed by atoms with Gasteiger partial charge in [0, 0.05) is 5.57 Å². The molecule has 0 aliphatic heterocycles. The number of hydrogen-bond donors (Lipinski definition) is 2. The van der Waals surface area contributed by atoms with Crippen molar-refractivity contribution < 1.29 is 24.5 Å². The maximum absolute atomic E-state index is 11.3. The van der Waals surface area contributed by atoms with E-state index in [1.54, 1.807) is 24.3 Å². The van der Waals surface area contributed by atoms with Gasteiger partial charge in [0.15, 0.2) is 0 Å². The average molecular weight is 541 g/mol. The van der Waals surface area contributed by atoms with Crippen molar-refractivity contribution in [2.75, 3.05) is 6.61 Å². The highest BCUT2D eigenvalue weighted by atomic mass is 16.5. The van der Waals surface area contributed by atoms with E-state index in [1.807, 2.05) is 36.4 Å². The number of benzene rings is 3. The van der Waals surface area contributed by atoms with Crippen LogP contribution in [0.3, 0.4) is 0 Å². The van der Waals surface area contributed by atoms with Crippen molar-refractivity contribution >= 4 is 17.5 Å². The molecule has 5 nitrogen and oxygen atoms in total. The van der Waals surface area contributed by atoms with E-state index in [-0.39, 0.29) is 11.1 Å². The van der Waals surface area contributed by atoms with Crippen LogP contribution in [0, 0.1) is 5.92 Å². The molecule has 0 bridgehead atoms. The fraction of sp³-hybridized carbons (Fsp3) is 0.343. The van der Waals surface area contributed by atoms with Gasteiger partial charge < -0.3 is 14.9 Å². The van der Waals surface area contributed by atoms with Crippen molar-refractivity contribution in [3.8, 4) is 5.75 Å². The highest BCUT2D eigenvalue weighted by Gasteiger charge is 2.15. The Morgan fingerprint density at radius 2 is 1.45 bits per heavy atom. The van der Waals surface area contributed by atoms with E-state index >= 15 is 0 Å². The zero-order valence-electron chi connectivity index (χ0n) is 23.4. The third-order valence-electron chi connectivity index (χ3n) is 7.27. The SMILES string of the molecule is C=C=C(CCC(CCc1ccccc1OCCCCCC)Cc1ccc(C(=O)O)cc1)c1ccc(C(=O)O)cc1. The standard InChI is InChI=1S/C35H40O5/c1-3-5-6-9-24-40-33-11-8-7-10-30(33)17-13-26(25-27-14-18-31(19-15-27)34(36)37)12-16-28(4-2)29-20-22-32(23-21-29)35(38)39/h7-8,10-11,14-15,18-23,26H,2-3,5-6,9,12-13,16-17,24-25H2,1H3,(H,36,37)(H,38,39). The molecule has 0 spiro atoms. The van der Waals surface area contributed by atoms with Gasteiger partial charge in [0.25, 0.3) is 0 Å². The van der Waals surface area contributed by atoms with Crippen LogP contribution in [0.1, 0.15) is 89.3 Å². The summed E-state index contributed by atoms with van der Waals surface area (Å²) < 4.78 is 6.15. The van der Waals surface area contributed by atoms with Crippen molar-refractivity contribution in [3.63, 3.8) is 0 Å². The maximum Gasteiger partial charge on any atom is 0.335 e. The number of aromatic carboxylic acids is 2. The van der Waals surface area contributed by atoms with E-state index in [0.717, 1.165) is 67.6 Å². The number of hydrogen-bond acceptors (Lipinski definition) is 3. The lowest BCUT2D eigenvalue weighted by molar-refractivity contribution is 0.0686. The first kappa shape index (κ1) is 30.5. The van der Waals surface area contributed by atoms with Crippen molar-refractivity contribution in [2.24, 2.45) is 5.92 Å². The van der Waals surface area contributed by atoms with Gasteiger partial charge in [-0.15, -0.1) is 5.73 Å². The molecule has 0 fully saturated rings. The normalized spacial score (nSPS) is 11.4. The quantitative estimate of drug-likeness (QED) is 0.132. The zero-order valence-corrected chi connectivity index (χ0v) is 23.4. The molecule has 0 saturated heterocycles. The number of carboxylic acid groups (broad SMARTS) is 2. The van der Waals surface area contributed by atoms with Crippen LogP contribution in [0.5, 0.6) is 5.75 Å². The number of para-hydroxylation sites is 1. The van der Waals surface area contributed by atoms with Crippen LogP contribution >= 0.6 is 0 Å². The molecule has 2 N–H and O–H groups in total. The Hall–Kier alpha value is -4.08. The zero-order chi connectivity index (χ0) is 28.7. The van der Waals surface area contributed by atoms with Crippen LogP contribution in [0.2, 0.25) is 0 Å². The molecule has 210 valence electrons. The molecule has 0 aromatic heterocycles. The van der Waals surface area contributed by atoms with Crippen LogP contribution in [0.25, 0.3) is 5.57 Å². The van der Waals surface area contributed by atoms with Gasteiger partial charge in [0.2, 0.25) is 0 Å². The number of ether oxygens (including phenoxy) is 1. The topological polar surface area (TPSA) is 83.8 Å². The highest BCUT2D eigenvalue weighted by Crippen LogP contribution is 2.29. The number of allylic oxidation sites excluding steroid dienone is 1. The summed E-state index contributed by atoms with van der Waals surface area (Å²) in [5.74, 6) is -0.595. The molecule has 0 aliphatic carbocycles. The van der Waals surface area contributed by atoms with E-state index in [0.29, 0.717) is 5.92 Å². The largest absolute Gasteiger partial charge is 0.493 e. The lowest BCUT2D eigenvalue weighted by atomic mass is 9.86. The lowest BCUT2D eigenvalue weighted by Crippen LogP contribution is -2.09. The third-order valence-corrected chi connectivity index (χ3v) is 7.27. The smallest absolute Gasteiger partial charge is 0.335 e. The summed E-state index contributed by atoms with van der Waals surface area (Å²) in [4.78, 5) is 22.5. The summed E-state index contributed by atoms with van der Waals surface area (Å²) in [5, 5.41) is 18.5. The van der Waals surface area contributed by atoms with Crippen molar-refractivity contribution in [3.05, 3.63) is 113 Å². The number of carbonyl (C=O) groups is 2. The van der Waals surface area contributed by atoms with Gasteiger partial charge in [-0.3, -0.25) is 0 Å². The van der Waals surface area contributed by atoms with Crippen LogP contribution in [-0.2, 0) is 12.8 Å². The second-order valence-corrected chi connectivity index (χ2v) is 10.2. The number of aryl methyl sites for hydroxylation is 1. The Bertz CT molecular complexity index is 1280. The molecule has 0 heterocycles. The Labute approximate surface area is 237 Å². The van der Waals surface area contributed by atoms with Crippen molar-refractivity contribution in [1.82, 2.24) is 0 Å². The van der Waals surface area contributed by atoms with Gasteiger partial charge in [-0.1, -0.05) is 75.2 Å². The summed E-state index contributed by atoms with van der Waals surface area (Å²) in [6, 6.07) is 22.2. The van der Waals surface area contributed by atoms with E-state index < -0.39 is 11.9 Å². The van der Waals surface area contributed by atoms with Crippen LogP contribution < -0.4 is 4.74 Å². The molecule has 0 radical (unpaired) electrons. The van der Waals surface area contributed by atoms with E-state index in [4.69, 9.17) is 4.74 Å². The van der Waals surface area contributed by atoms with Crippen molar-refractivity contribution in [1.29, 1.82) is 0 Å². The van der Waals surface area contributed by atoms with Crippen molar-refractivity contribution in [2.45, 2.75) is 64.7 Å². The minimum absolute atomic E-state index is 0.251. The number of unbranched alkanes of at least 4 members (excludes halogenated alkanes) is 3. The van der Waals surface area contributed by atoms with Gasteiger partial charge in [-0.25, -0.2) is 9.59 Å². The molecule has 1 unspecified atom stereocenters. The van der Waals surface area contributed by atoms with E-state index in [2.05, 4.69) is 31.4 Å². The summed E-state index contributed by atoms with van der Waals surface area (Å²) in [5.41, 5.74) is 7.78. The van der Waals surface area contributed by atoms with E-state index in [9.17, 15) is 19.8 Å². The monoisotopic (exact) mass is 540 g/mol. The molecule has 3 rings (SSSR count). The average Bonchev–Trinajstić information content (AvgIpc) is 2.97. The Kier molecular flexibility index (Phi) is 12.3. The number of rotatable bonds is 17. The van der Waals surface area contributed by atoms with Crippen LogP contribution in [0.15, 0.2) is 85.1 Å². The van der Waals surface area contributed by atoms with E-state index in [1.165, 1.54) is 24.8 Å². The summed E-state index contributed by atoms with van der Waals surface area (Å²) in [6.07, 6.45) is 8.95. The molecule has 3 aromatic rings. The van der Waals surface area contributed by atoms with Gasteiger partial charge in [0.05, 0.1) is 17.7 Å². The Morgan fingerprint density at radius 1 is 0.825 bits per heavy atom. The lowest BCUT2D eigenvalue weighted by Gasteiger charge is -2.19. The third kappa shape index (κ3) is 9.59. The molecule has 40 heavy (non-hydrogen) atoms. The van der Waals surface area contributed by atoms with Crippen LogP contribution in [-0.4, -0.2) is 28.8 Å². The molecular weight excluding hydrogens is 500 g/mol. The minimum atomic E-state index is -0.949. The first-order chi connectivity index (χ1) is 19.4. The van der Waals surface area contributed by atoms with Crippen LogP contribution in [0.4, 0.5) is 0 Å². The molecule has 0 aliphatic rings. The summed E-state index contributed by atoms with van der Waals surface area (Å²) in [7, 11) is 0. The summed E-state index contributed by atoms with van der Waals surface area (Å²) >= 11 is 0. The first-order valence-electron chi connectivity index (χ1n) is 14.2. The minimum Gasteiger partial charge on any atom is -0.493 e. The second-order valence-electron chi connectivity index (χ2n) is 10.2. The van der Waals surface area contributed by atoms with Gasteiger partial charge in [-0.05, 0) is 91.5 Å². The second kappa shape index (κ2) is 16.1. The Balaban J connectivity index is 1.71. The number of carboxylic acids is 2. The maximum atomic E-state index is 11.3. The van der Waals surface area contributed by atoms with Gasteiger partial charge >= 0.3 is 11.9 Å². The Morgan fingerprint density at radius 3 is 2.08 bits per heavy atom. The molecule has 3 aromatic carbocycles. The van der Waals surface area contributed by atoms with Gasteiger partial charge in [-0.2, -0.15) is 0 Å². The highest BCUT2D eigenvalue weighted by molar-refractivity contribution is 5.88.